The average molecular weight is 436 g/mol. The highest BCUT2D eigenvalue weighted by Crippen LogP contribution is 2.31. The number of nitrogens with one attached hydrogen (secondary N) is 2. The lowest BCUT2D eigenvalue weighted by molar-refractivity contribution is 0.101. The van der Waals surface area contributed by atoms with Crippen LogP contribution in [0.2, 0.25) is 0 Å². The number of ether oxygens (including phenoxy) is 1. The molecule has 3 amide bonds. The fourth-order valence-corrected chi connectivity index (χ4v) is 3.03. The topological polar surface area (TPSA) is 87.7 Å². The number of para-hydroxylation sites is 1. The normalized spacial score (nSPS) is 10.2. The summed E-state index contributed by atoms with van der Waals surface area (Å²) >= 11 is 4.29. The zero-order valence-corrected chi connectivity index (χ0v) is 17.9. The minimum atomic E-state index is -0.581. The molecule has 0 aliphatic carbocycles. The van der Waals surface area contributed by atoms with Gasteiger partial charge in [0.2, 0.25) is 0 Å². The molecule has 31 heavy (non-hydrogen) atoms. The summed E-state index contributed by atoms with van der Waals surface area (Å²) in [5.41, 5.74) is 2.17. The molecular weight excluding hydrogens is 414 g/mol. The van der Waals surface area contributed by atoms with Gasteiger partial charge in [-0.25, -0.2) is 9.10 Å². The first kappa shape index (κ1) is 21.9. The van der Waals surface area contributed by atoms with Gasteiger partial charge < -0.3 is 15.4 Å². The predicted molar refractivity (Wildman–Crippen MR) is 124 cm³/mol. The third-order valence-electron chi connectivity index (χ3n) is 4.41. The molecule has 0 aromatic heterocycles. The number of anilines is 3. The van der Waals surface area contributed by atoms with Crippen LogP contribution in [0.3, 0.4) is 0 Å². The van der Waals surface area contributed by atoms with Crippen LogP contribution in [-0.4, -0.2) is 24.8 Å². The van der Waals surface area contributed by atoms with Crippen LogP contribution in [0.4, 0.5) is 21.9 Å². The predicted octanol–water partition coefficient (Wildman–Crippen LogP) is 5.03. The second kappa shape index (κ2) is 9.82. The molecule has 0 spiro atoms. The summed E-state index contributed by atoms with van der Waals surface area (Å²) in [6.45, 7) is 1.45. The van der Waals surface area contributed by atoms with Crippen molar-refractivity contribution in [2.75, 3.05) is 22.0 Å². The molecule has 3 rings (SSSR count). The van der Waals surface area contributed by atoms with E-state index in [0.717, 1.165) is 4.31 Å². The molecule has 3 aromatic rings. The van der Waals surface area contributed by atoms with Crippen molar-refractivity contribution in [1.82, 2.24) is 0 Å². The number of hydrogen-bond acceptors (Lipinski definition) is 5. The van der Waals surface area contributed by atoms with E-state index in [1.807, 2.05) is 18.2 Å². The summed E-state index contributed by atoms with van der Waals surface area (Å²) in [7, 11) is 1.46. The first-order valence-corrected chi connectivity index (χ1v) is 9.74. The van der Waals surface area contributed by atoms with Gasteiger partial charge in [-0.15, -0.1) is 0 Å². The highest BCUT2D eigenvalue weighted by molar-refractivity contribution is 7.82. The molecule has 0 saturated carbocycles. The first-order chi connectivity index (χ1) is 14.9. The number of methoxy groups -OCH3 is 1. The second-order valence-electron chi connectivity index (χ2n) is 6.59. The number of benzene rings is 3. The van der Waals surface area contributed by atoms with Crippen LogP contribution in [0.25, 0.3) is 0 Å². The second-order valence-corrected chi connectivity index (χ2v) is 6.99. The molecule has 7 nitrogen and oxygen atoms in total. The van der Waals surface area contributed by atoms with Crippen molar-refractivity contribution in [2.24, 2.45) is 0 Å². The van der Waals surface area contributed by atoms with Crippen molar-refractivity contribution in [1.29, 1.82) is 0 Å². The monoisotopic (exact) mass is 435 g/mol. The number of amides is 3. The van der Waals surface area contributed by atoms with E-state index in [2.05, 4.69) is 23.4 Å². The van der Waals surface area contributed by atoms with Crippen LogP contribution >= 0.6 is 12.8 Å². The van der Waals surface area contributed by atoms with E-state index in [0.29, 0.717) is 28.3 Å². The molecule has 0 unspecified atom stereocenters. The van der Waals surface area contributed by atoms with Gasteiger partial charge in [0.1, 0.15) is 5.75 Å². The summed E-state index contributed by atoms with van der Waals surface area (Å²) in [6.07, 6.45) is 0. The fraction of sp³-hybridized carbons (Fsp3) is 0.0870. The van der Waals surface area contributed by atoms with Gasteiger partial charge in [0, 0.05) is 22.5 Å². The maximum absolute atomic E-state index is 12.7. The molecule has 0 radical (unpaired) electrons. The molecule has 0 heterocycles. The molecule has 0 aliphatic heterocycles. The molecule has 3 aromatic carbocycles. The summed E-state index contributed by atoms with van der Waals surface area (Å²) in [6, 6.07) is 19.7. The number of ketones is 1. The van der Waals surface area contributed by atoms with Crippen molar-refractivity contribution in [3.05, 3.63) is 83.9 Å². The molecule has 0 fully saturated rings. The summed E-state index contributed by atoms with van der Waals surface area (Å²) < 4.78 is 6.36. The van der Waals surface area contributed by atoms with E-state index in [1.165, 1.54) is 20.1 Å². The lowest BCUT2D eigenvalue weighted by Crippen LogP contribution is -2.27. The number of carbonyl (C=O) groups is 3. The summed E-state index contributed by atoms with van der Waals surface area (Å²) in [5, 5.41) is 5.47. The van der Waals surface area contributed by atoms with E-state index >= 15 is 0 Å². The van der Waals surface area contributed by atoms with Gasteiger partial charge in [0.25, 0.3) is 5.91 Å². The zero-order chi connectivity index (χ0) is 22.4. The van der Waals surface area contributed by atoms with Crippen molar-refractivity contribution in [3.63, 3.8) is 0 Å². The number of nitrogens with zero attached hydrogens (tertiary/aromatic N) is 1. The minimum Gasteiger partial charge on any atom is -0.495 e. The Morgan fingerprint density at radius 1 is 0.839 bits per heavy atom. The number of urea groups is 1. The Balaban J connectivity index is 1.82. The fourth-order valence-electron chi connectivity index (χ4n) is 2.82. The molecule has 0 atom stereocenters. The van der Waals surface area contributed by atoms with Crippen LogP contribution in [0.1, 0.15) is 27.6 Å². The largest absolute Gasteiger partial charge is 0.495 e. The zero-order valence-electron chi connectivity index (χ0n) is 17.0. The van der Waals surface area contributed by atoms with E-state index in [9.17, 15) is 14.4 Å². The lowest BCUT2D eigenvalue weighted by Gasteiger charge is -2.20. The van der Waals surface area contributed by atoms with Crippen LogP contribution in [0.15, 0.2) is 72.8 Å². The standard InChI is InChI=1S/C23H21N3O4S/c1-15(27)16-7-6-10-19(13-16)25-23(29)26(31)20-14-17(11-12-21(20)30-2)22(28)24-18-8-4-3-5-9-18/h3-14,31H,1-2H3,(H,24,28)(H,25,29). The third kappa shape index (κ3) is 5.43. The van der Waals surface area contributed by atoms with Gasteiger partial charge in [-0.2, -0.15) is 0 Å². The Hall–Kier alpha value is -3.78. The van der Waals surface area contributed by atoms with E-state index in [-0.39, 0.29) is 17.4 Å². The summed E-state index contributed by atoms with van der Waals surface area (Å²) in [4.78, 5) is 36.9. The maximum Gasteiger partial charge on any atom is 0.336 e. The van der Waals surface area contributed by atoms with Gasteiger partial charge in [-0.1, -0.05) is 43.1 Å². The van der Waals surface area contributed by atoms with Crippen molar-refractivity contribution in [2.45, 2.75) is 6.92 Å². The Bertz CT molecular complexity index is 1120. The van der Waals surface area contributed by atoms with Crippen LogP contribution in [0, 0.1) is 0 Å². The van der Waals surface area contributed by atoms with Gasteiger partial charge in [-0.05, 0) is 49.4 Å². The Morgan fingerprint density at radius 3 is 2.23 bits per heavy atom. The van der Waals surface area contributed by atoms with E-state index < -0.39 is 6.03 Å². The smallest absolute Gasteiger partial charge is 0.336 e. The number of rotatable bonds is 6. The highest BCUT2D eigenvalue weighted by Gasteiger charge is 2.19. The van der Waals surface area contributed by atoms with Gasteiger partial charge in [0.15, 0.2) is 5.78 Å². The average Bonchev–Trinajstić information content (AvgIpc) is 2.78. The Labute approximate surface area is 185 Å². The molecule has 8 heteroatoms. The van der Waals surface area contributed by atoms with Crippen LogP contribution < -0.4 is 19.7 Å². The number of thiol groups is 1. The quantitative estimate of drug-likeness (QED) is 0.374. The molecule has 2 N–H and O–H groups in total. The number of hydrogen-bond donors (Lipinski definition) is 3. The summed E-state index contributed by atoms with van der Waals surface area (Å²) in [5.74, 6) is -0.0945. The van der Waals surface area contributed by atoms with Gasteiger partial charge in [-0.3, -0.25) is 9.59 Å². The lowest BCUT2D eigenvalue weighted by atomic mass is 10.1. The van der Waals surface area contributed by atoms with Crippen molar-refractivity contribution < 1.29 is 19.1 Å². The maximum atomic E-state index is 12.7. The molecule has 0 aliphatic rings. The third-order valence-corrected chi connectivity index (χ3v) is 4.81. The molecule has 158 valence electrons. The molecule has 0 saturated heterocycles. The minimum absolute atomic E-state index is 0.113. The van der Waals surface area contributed by atoms with Gasteiger partial charge in [0.05, 0.1) is 12.8 Å². The van der Waals surface area contributed by atoms with Crippen LogP contribution in [-0.2, 0) is 0 Å². The highest BCUT2D eigenvalue weighted by atomic mass is 32.1. The Kier molecular flexibility index (Phi) is 6.94. The molecule has 0 bridgehead atoms. The van der Waals surface area contributed by atoms with Crippen LogP contribution in [0.5, 0.6) is 5.75 Å². The van der Waals surface area contributed by atoms with Gasteiger partial charge >= 0.3 is 6.03 Å². The van der Waals surface area contributed by atoms with E-state index in [1.54, 1.807) is 48.5 Å². The van der Waals surface area contributed by atoms with E-state index in [4.69, 9.17) is 4.74 Å². The van der Waals surface area contributed by atoms with Crippen molar-refractivity contribution in [3.8, 4) is 5.75 Å². The Morgan fingerprint density at radius 2 is 1.55 bits per heavy atom. The SMILES string of the molecule is COc1ccc(C(=O)Nc2ccccc2)cc1N(S)C(=O)Nc1cccc(C(C)=O)c1. The molecular formula is C23H21N3O4S. The first-order valence-electron chi connectivity index (χ1n) is 9.34. The number of Topliss-reactive ketones (excluding diaryl/α,β-unsaturated/α-hetero) is 1. The van der Waals surface area contributed by atoms with Crippen molar-refractivity contribution >= 4 is 47.6 Å². The number of carbonyl (C=O) groups excluding carboxylic acids is 3.